The summed E-state index contributed by atoms with van der Waals surface area (Å²) in [5, 5.41) is 13.3. The molecule has 2 aromatic rings. The van der Waals surface area contributed by atoms with Crippen LogP contribution in [0.15, 0.2) is 42.5 Å². The van der Waals surface area contributed by atoms with Gasteiger partial charge in [-0.3, -0.25) is 19.7 Å². The minimum atomic E-state index is -0.758. The first-order valence-corrected chi connectivity index (χ1v) is 10.9. The number of nitrogens with one attached hydrogen (secondary N) is 1. The first-order chi connectivity index (χ1) is 15.7. The highest BCUT2D eigenvalue weighted by atomic mass is 35.5. The largest absolute Gasteiger partial charge is 0.452 e. The fraction of sp³-hybridized carbons (Fsp3) is 0.348. The third-order valence-electron chi connectivity index (χ3n) is 5.61. The molecule has 0 aromatic heterocycles. The lowest BCUT2D eigenvalue weighted by atomic mass is 9.97. The van der Waals surface area contributed by atoms with Crippen LogP contribution < -0.4 is 5.32 Å². The topological polar surface area (TPSA) is 119 Å². The lowest BCUT2D eigenvalue weighted by molar-refractivity contribution is -0.384. The van der Waals surface area contributed by atoms with Gasteiger partial charge >= 0.3 is 5.97 Å². The van der Waals surface area contributed by atoms with E-state index in [1.165, 1.54) is 18.2 Å². The van der Waals surface area contributed by atoms with E-state index in [-0.39, 0.29) is 45.5 Å². The third-order valence-corrected chi connectivity index (χ3v) is 5.92. The van der Waals surface area contributed by atoms with E-state index in [2.05, 4.69) is 5.32 Å². The number of ether oxygens (including phenoxy) is 1. The fourth-order valence-electron chi connectivity index (χ4n) is 3.95. The van der Waals surface area contributed by atoms with E-state index in [0.717, 1.165) is 31.4 Å². The summed E-state index contributed by atoms with van der Waals surface area (Å²) in [5.41, 5.74) is -0.0123. The average molecular weight is 474 g/mol. The number of carbonyl (C=O) groups excluding carboxylic acids is 3. The minimum Gasteiger partial charge on any atom is -0.452 e. The summed E-state index contributed by atoms with van der Waals surface area (Å²) >= 11 is 6.02. The fourth-order valence-corrected chi connectivity index (χ4v) is 4.21. The molecule has 1 saturated heterocycles. The number of benzene rings is 2. The Kier molecular flexibility index (Phi) is 7.65. The molecule has 0 spiro atoms. The van der Waals surface area contributed by atoms with Crippen LogP contribution in [0.2, 0.25) is 5.02 Å². The first kappa shape index (κ1) is 24.2. The van der Waals surface area contributed by atoms with E-state index in [1.807, 2.05) is 13.8 Å². The lowest BCUT2D eigenvalue weighted by Gasteiger charge is -2.38. The predicted octanol–water partition coefficient (Wildman–Crippen LogP) is 4.45. The number of non-ortho nitro benzene ring substituents is 1. The molecule has 2 aromatic carbocycles. The van der Waals surface area contributed by atoms with Crippen molar-refractivity contribution in [3.8, 4) is 0 Å². The van der Waals surface area contributed by atoms with E-state index >= 15 is 0 Å². The van der Waals surface area contributed by atoms with Gasteiger partial charge in [0.2, 0.25) is 0 Å². The van der Waals surface area contributed by atoms with Crippen LogP contribution in [0, 0.1) is 10.1 Å². The van der Waals surface area contributed by atoms with Crippen molar-refractivity contribution in [2.75, 3.05) is 11.9 Å². The quantitative estimate of drug-likeness (QED) is 0.376. The van der Waals surface area contributed by atoms with Gasteiger partial charge in [-0.2, -0.15) is 0 Å². The molecule has 10 heteroatoms. The number of amides is 2. The molecule has 0 bridgehead atoms. The summed E-state index contributed by atoms with van der Waals surface area (Å²) in [4.78, 5) is 50.0. The van der Waals surface area contributed by atoms with Crippen molar-refractivity contribution in [1.29, 1.82) is 0 Å². The van der Waals surface area contributed by atoms with Gasteiger partial charge in [-0.25, -0.2) is 4.79 Å². The zero-order chi connectivity index (χ0) is 24.1. The lowest BCUT2D eigenvalue weighted by Crippen LogP contribution is -2.49. The highest BCUT2D eigenvalue weighted by molar-refractivity contribution is 6.34. The van der Waals surface area contributed by atoms with Gasteiger partial charge in [0.05, 0.1) is 26.8 Å². The van der Waals surface area contributed by atoms with Gasteiger partial charge in [-0.1, -0.05) is 23.7 Å². The van der Waals surface area contributed by atoms with Crippen LogP contribution in [0.3, 0.4) is 0 Å². The molecule has 1 N–H and O–H groups in total. The van der Waals surface area contributed by atoms with Crippen LogP contribution >= 0.6 is 11.6 Å². The van der Waals surface area contributed by atoms with Gasteiger partial charge in [0, 0.05) is 24.2 Å². The van der Waals surface area contributed by atoms with Gasteiger partial charge in [0.25, 0.3) is 17.5 Å². The maximum absolute atomic E-state index is 12.7. The van der Waals surface area contributed by atoms with Gasteiger partial charge in [-0.15, -0.1) is 0 Å². The Morgan fingerprint density at radius 3 is 2.42 bits per heavy atom. The maximum Gasteiger partial charge on any atom is 0.340 e. The SMILES string of the molecule is CC1CCCC(C)N1C(=O)COC(=O)c1ccccc1NC(=O)c1ccc([N+](=O)[O-])cc1Cl. The molecule has 33 heavy (non-hydrogen) atoms. The predicted molar refractivity (Wildman–Crippen MR) is 122 cm³/mol. The van der Waals surface area contributed by atoms with E-state index in [4.69, 9.17) is 16.3 Å². The highest BCUT2D eigenvalue weighted by Crippen LogP contribution is 2.25. The monoisotopic (exact) mass is 473 g/mol. The summed E-state index contributed by atoms with van der Waals surface area (Å²) in [6, 6.07) is 9.82. The molecule has 0 radical (unpaired) electrons. The van der Waals surface area contributed by atoms with E-state index in [0.29, 0.717) is 0 Å². The molecular formula is C23H24ClN3O6. The Morgan fingerprint density at radius 2 is 1.79 bits per heavy atom. The Balaban J connectivity index is 1.70. The van der Waals surface area contributed by atoms with Crippen LogP contribution in [0.1, 0.15) is 53.8 Å². The number of halogens is 1. The maximum atomic E-state index is 12.7. The van der Waals surface area contributed by atoms with Crippen molar-refractivity contribution in [3.63, 3.8) is 0 Å². The van der Waals surface area contributed by atoms with E-state index in [9.17, 15) is 24.5 Å². The molecule has 2 amide bonds. The zero-order valence-electron chi connectivity index (χ0n) is 18.2. The average Bonchev–Trinajstić information content (AvgIpc) is 2.77. The standard InChI is InChI=1S/C23H24ClN3O6/c1-14-6-5-7-15(2)26(14)21(28)13-33-23(30)18-8-3-4-9-20(18)25-22(29)17-11-10-16(27(31)32)12-19(17)24/h3-4,8-12,14-15H,5-7,13H2,1-2H3,(H,25,29). The number of hydrogen-bond acceptors (Lipinski definition) is 6. The summed E-state index contributed by atoms with van der Waals surface area (Å²) in [6.45, 7) is 3.55. The molecule has 3 rings (SSSR count). The Hall–Kier alpha value is -3.46. The molecule has 0 saturated carbocycles. The number of piperidine rings is 1. The van der Waals surface area contributed by atoms with Crippen LogP contribution in [-0.2, 0) is 9.53 Å². The summed E-state index contributed by atoms with van der Waals surface area (Å²) in [6.07, 6.45) is 2.87. The summed E-state index contributed by atoms with van der Waals surface area (Å²) in [5.74, 6) is -1.67. The number of nitro groups is 1. The zero-order valence-corrected chi connectivity index (χ0v) is 19.0. The molecule has 174 valence electrons. The van der Waals surface area contributed by atoms with Crippen molar-refractivity contribution in [3.05, 3.63) is 68.7 Å². The molecule has 1 aliphatic heterocycles. The molecule has 1 heterocycles. The number of likely N-dealkylation sites (tertiary alicyclic amines) is 1. The smallest absolute Gasteiger partial charge is 0.340 e. The molecular weight excluding hydrogens is 450 g/mol. The van der Waals surface area contributed by atoms with Crippen LogP contribution in [0.25, 0.3) is 0 Å². The summed E-state index contributed by atoms with van der Waals surface area (Å²) in [7, 11) is 0. The second-order valence-corrected chi connectivity index (χ2v) is 8.33. The van der Waals surface area contributed by atoms with Crippen molar-refractivity contribution in [2.24, 2.45) is 0 Å². The number of rotatable bonds is 6. The van der Waals surface area contributed by atoms with Crippen molar-refractivity contribution < 1.29 is 24.0 Å². The Bertz CT molecular complexity index is 1080. The van der Waals surface area contributed by atoms with Crippen LogP contribution in [-0.4, -0.2) is 46.3 Å². The number of esters is 1. The molecule has 2 atom stereocenters. The summed E-state index contributed by atoms with van der Waals surface area (Å²) < 4.78 is 5.25. The minimum absolute atomic E-state index is 0.00804. The number of hydrogen-bond donors (Lipinski definition) is 1. The second kappa shape index (κ2) is 10.4. The molecule has 1 fully saturated rings. The number of anilines is 1. The number of carbonyl (C=O) groups is 3. The van der Waals surface area contributed by atoms with Crippen LogP contribution in [0.5, 0.6) is 0 Å². The second-order valence-electron chi connectivity index (χ2n) is 7.93. The van der Waals surface area contributed by atoms with Crippen LogP contribution in [0.4, 0.5) is 11.4 Å². The molecule has 2 unspecified atom stereocenters. The van der Waals surface area contributed by atoms with Crippen molar-refractivity contribution >= 4 is 40.8 Å². The van der Waals surface area contributed by atoms with E-state index < -0.39 is 23.4 Å². The Labute approximate surface area is 195 Å². The van der Waals surface area contributed by atoms with Gasteiger partial charge in [0.15, 0.2) is 6.61 Å². The van der Waals surface area contributed by atoms with Gasteiger partial charge in [-0.05, 0) is 51.3 Å². The van der Waals surface area contributed by atoms with Gasteiger partial charge < -0.3 is 15.0 Å². The Morgan fingerprint density at radius 1 is 1.12 bits per heavy atom. The van der Waals surface area contributed by atoms with Gasteiger partial charge in [0.1, 0.15) is 0 Å². The first-order valence-electron chi connectivity index (χ1n) is 10.5. The third kappa shape index (κ3) is 5.67. The number of para-hydroxylation sites is 1. The van der Waals surface area contributed by atoms with Crippen molar-refractivity contribution in [2.45, 2.75) is 45.2 Å². The molecule has 0 aliphatic carbocycles. The number of nitrogens with zero attached hydrogens (tertiary/aromatic N) is 2. The number of nitro benzene ring substituents is 1. The van der Waals surface area contributed by atoms with Crippen molar-refractivity contribution in [1.82, 2.24) is 4.90 Å². The molecule has 1 aliphatic rings. The normalized spacial score (nSPS) is 17.8. The van der Waals surface area contributed by atoms with E-state index in [1.54, 1.807) is 17.0 Å². The molecule has 9 nitrogen and oxygen atoms in total. The highest BCUT2D eigenvalue weighted by Gasteiger charge is 2.29.